The summed E-state index contributed by atoms with van der Waals surface area (Å²) in [7, 11) is 3.85. The third-order valence-corrected chi connectivity index (χ3v) is 2.44. The minimum atomic E-state index is 0.00231. The molecule has 1 saturated carbocycles. The van der Waals surface area contributed by atoms with E-state index in [1.807, 2.05) is 19.0 Å². The molecule has 76 valence electrons. The van der Waals surface area contributed by atoms with Crippen molar-refractivity contribution in [3.05, 3.63) is 22.5 Å². The van der Waals surface area contributed by atoms with Crippen LogP contribution in [-0.4, -0.2) is 23.9 Å². The molecule has 0 bridgehead atoms. The highest BCUT2D eigenvalue weighted by molar-refractivity contribution is 5.33. The molecule has 0 spiro atoms. The Morgan fingerprint density at radius 3 is 2.79 bits per heavy atom. The molecule has 1 aromatic heterocycles. The molecule has 4 heteroatoms. The molecule has 1 heterocycles. The molecular weight excluding hydrogens is 178 g/mol. The lowest BCUT2D eigenvalue weighted by Gasteiger charge is -2.12. The van der Waals surface area contributed by atoms with Crippen molar-refractivity contribution in [2.75, 3.05) is 19.0 Å². The van der Waals surface area contributed by atoms with Crippen LogP contribution in [0.1, 0.15) is 12.8 Å². The lowest BCUT2D eigenvalue weighted by atomic mass is 10.4. The normalized spacial score (nSPS) is 15.6. The summed E-state index contributed by atoms with van der Waals surface area (Å²) in [4.78, 5) is 13.3. The maximum Gasteiger partial charge on any atom is 0.266 e. The average molecular weight is 193 g/mol. The molecule has 0 amide bonds. The topological polar surface area (TPSA) is 38.1 Å². The lowest BCUT2D eigenvalue weighted by molar-refractivity contribution is 0.533. The highest BCUT2D eigenvalue weighted by atomic mass is 16.1. The van der Waals surface area contributed by atoms with E-state index in [9.17, 15) is 4.79 Å². The highest BCUT2D eigenvalue weighted by Gasteiger charge is 2.22. The van der Waals surface area contributed by atoms with Gasteiger partial charge in [-0.1, -0.05) is 0 Å². The molecule has 1 aliphatic carbocycles. The number of anilines is 1. The molecule has 4 nitrogen and oxygen atoms in total. The number of nitrogens with zero attached hydrogens (tertiary/aromatic N) is 3. The number of hydrogen-bond acceptors (Lipinski definition) is 3. The molecule has 0 aliphatic heterocycles. The van der Waals surface area contributed by atoms with Gasteiger partial charge in [0, 0.05) is 26.7 Å². The summed E-state index contributed by atoms with van der Waals surface area (Å²) in [6.45, 7) is 0.778. The first-order valence-electron chi connectivity index (χ1n) is 4.92. The summed E-state index contributed by atoms with van der Waals surface area (Å²) >= 11 is 0. The fraction of sp³-hybridized carbons (Fsp3) is 0.600. The summed E-state index contributed by atoms with van der Waals surface area (Å²) in [5, 5.41) is 4.28. The Labute approximate surface area is 83.2 Å². The van der Waals surface area contributed by atoms with Crippen LogP contribution in [0.15, 0.2) is 16.9 Å². The zero-order chi connectivity index (χ0) is 10.1. The smallest absolute Gasteiger partial charge is 0.266 e. The van der Waals surface area contributed by atoms with Crippen molar-refractivity contribution in [1.82, 2.24) is 9.78 Å². The second kappa shape index (κ2) is 3.44. The van der Waals surface area contributed by atoms with Gasteiger partial charge in [-0.2, -0.15) is 5.10 Å². The van der Waals surface area contributed by atoms with E-state index in [4.69, 9.17) is 0 Å². The Kier molecular flexibility index (Phi) is 2.27. The predicted molar refractivity (Wildman–Crippen MR) is 55.5 cm³/mol. The first kappa shape index (κ1) is 9.24. The fourth-order valence-electron chi connectivity index (χ4n) is 1.35. The van der Waals surface area contributed by atoms with Gasteiger partial charge in [0.25, 0.3) is 5.56 Å². The number of rotatable bonds is 3. The zero-order valence-electron chi connectivity index (χ0n) is 8.60. The van der Waals surface area contributed by atoms with Gasteiger partial charge in [0.2, 0.25) is 0 Å². The third kappa shape index (κ3) is 1.95. The average Bonchev–Trinajstić information content (AvgIpc) is 2.92. The van der Waals surface area contributed by atoms with Gasteiger partial charge in [-0.05, 0) is 24.8 Å². The standard InChI is InChI=1S/C10H15N3O/c1-12(2)9-5-6-10(14)13(11-9)7-8-3-4-8/h5-6,8H,3-4,7H2,1-2H3. The van der Waals surface area contributed by atoms with Crippen molar-refractivity contribution in [1.29, 1.82) is 0 Å². The van der Waals surface area contributed by atoms with Crippen molar-refractivity contribution < 1.29 is 0 Å². The van der Waals surface area contributed by atoms with Crippen LogP contribution >= 0.6 is 0 Å². The fourth-order valence-corrected chi connectivity index (χ4v) is 1.35. The maximum atomic E-state index is 11.4. The molecule has 0 atom stereocenters. The van der Waals surface area contributed by atoms with Gasteiger partial charge in [0.1, 0.15) is 5.82 Å². The Hall–Kier alpha value is -1.32. The molecule has 2 rings (SSSR count). The van der Waals surface area contributed by atoms with Gasteiger partial charge in [-0.15, -0.1) is 0 Å². The molecule has 0 radical (unpaired) electrons. The summed E-state index contributed by atoms with van der Waals surface area (Å²) in [6.07, 6.45) is 2.47. The Morgan fingerprint density at radius 1 is 1.50 bits per heavy atom. The van der Waals surface area contributed by atoms with Crippen molar-refractivity contribution >= 4 is 5.82 Å². The van der Waals surface area contributed by atoms with Crippen LogP contribution in [0.4, 0.5) is 5.82 Å². The monoisotopic (exact) mass is 193 g/mol. The Balaban J connectivity index is 2.26. The van der Waals surface area contributed by atoms with E-state index in [1.165, 1.54) is 12.8 Å². The van der Waals surface area contributed by atoms with Crippen LogP contribution in [0.25, 0.3) is 0 Å². The summed E-state index contributed by atoms with van der Waals surface area (Å²) < 4.78 is 1.58. The van der Waals surface area contributed by atoms with E-state index >= 15 is 0 Å². The third-order valence-electron chi connectivity index (χ3n) is 2.44. The molecule has 1 aliphatic rings. The van der Waals surface area contributed by atoms with Crippen LogP contribution < -0.4 is 10.5 Å². The first-order chi connectivity index (χ1) is 6.66. The summed E-state index contributed by atoms with van der Waals surface area (Å²) in [5.74, 6) is 1.52. The summed E-state index contributed by atoms with van der Waals surface area (Å²) in [6, 6.07) is 3.34. The lowest BCUT2D eigenvalue weighted by Crippen LogP contribution is -2.25. The zero-order valence-corrected chi connectivity index (χ0v) is 8.60. The molecule has 0 saturated heterocycles. The second-order valence-electron chi connectivity index (χ2n) is 4.05. The molecule has 0 unspecified atom stereocenters. The molecule has 1 aromatic rings. The summed E-state index contributed by atoms with van der Waals surface area (Å²) in [5.41, 5.74) is 0.00231. The van der Waals surface area contributed by atoms with E-state index in [1.54, 1.807) is 16.8 Å². The van der Waals surface area contributed by atoms with Crippen molar-refractivity contribution in [3.8, 4) is 0 Å². The van der Waals surface area contributed by atoms with Gasteiger partial charge in [0.15, 0.2) is 0 Å². The quantitative estimate of drug-likeness (QED) is 0.710. The minimum absolute atomic E-state index is 0.00231. The van der Waals surface area contributed by atoms with E-state index < -0.39 is 0 Å². The van der Waals surface area contributed by atoms with Crippen LogP contribution in [0.5, 0.6) is 0 Å². The molecule has 0 N–H and O–H groups in total. The molecule has 14 heavy (non-hydrogen) atoms. The Morgan fingerprint density at radius 2 is 2.21 bits per heavy atom. The van der Waals surface area contributed by atoms with Crippen molar-refractivity contribution in [3.63, 3.8) is 0 Å². The largest absolute Gasteiger partial charge is 0.361 e. The number of aromatic nitrogens is 2. The van der Waals surface area contributed by atoms with E-state index in [0.29, 0.717) is 5.92 Å². The van der Waals surface area contributed by atoms with Crippen molar-refractivity contribution in [2.45, 2.75) is 19.4 Å². The van der Waals surface area contributed by atoms with E-state index in [0.717, 1.165) is 12.4 Å². The van der Waals surface area contributed by atoms with Crippen LogP contribution in [0.2, 0.25) is 0 Å². The van der Waals surface area contributed by atoms with Crippen LogP contribution in [0.3, 0.4) is 0 Å². The van der Waals surface area contributed by atoms with E-state index in [2.05, 4.69) is 5.10 Å². The predicted octanol–water partition coefficient (Wildman–Crippen LogP) is 0.719. The molecule has 1 fully saturated rings. The van der Waals surface area contributed by atoms with Crippen LogP contribution in [-0.2, 0) is 6.54 Å². The SMILES string of the molecule is CN(C)c1ccc(=O)n(CC2CC2)n1. The number of hydrogen-bond donors (Lipinski definition) is 0. The van der Waals surface area contributed by atoms with Gasteiger partial charge in [-0.3, -0.25) is 4.79 Å². The molecular formula is C10H15N3O. The second-order valence-corrected chi connectivity index (χ2v) is 4.05. The van der Waals surface area contributed by atoms with Gasteiger partial charge in [-0.25, -0.2) is 4.68 Å². The maximum absolute atomic E-state index is 11.4. The van der Waals surface area contributed by atoms with Crippen LogP contribution in [0, 0.1) is 5.92 Å². The van der Waals surface area contributed by atoms with Gasteiger partial charge >= 0.3 is 0 Å². The molecule has 0 aromatic carbocycles. The van der Waals surface area contributed by atoms with Crippen molar-refractivity contribution in [2.24, 2.45) is 5.92 Å². The highest BCUT2D eigenvalue weighted by Crippen LogP contribution is 2.29. The minimum Gasteiger partial charge on any atom is -0.361 e. The van der Waals surface area contributed by atoms with Gasteiger partial charge in [0.05, 0.1) is 0 Å². The first-order valence-corrected chi connectivity index (χ1v) is 4.92. The van der Waals surface area contributed by atoms with E-state index in [-0.39, 0.29) is 5.56 Å². The Bertz CT molecular complexity index is 379. The van der Waals surface area contributed by atoms with Gasteiger partial charge < -0.3 is 4.90 Å².